The lowest BCUT2D eigenvalue weighted by Gasteiger charge is -2.13. The molecule has 0 aromatic carbocycles. The van der Waals surface area contributed by atoms with Crippen molar-refractivity contribution < 1.29 is 9.37 Å². The summed E-state index contributed by atoms with van der Waals surface area (Å²) in [7, 11) is 0. The number of ether oxygens (including phenoxy) is 1. The Morgan fingerprint density at radius 1 is 1.42 bits per heavy atom. The molecule has 3 heterocycles. The van der Waals surface area contributed by atoms with Crippen LogP contribution in [0.5, 0.6) is 5.75 Å². The summed E-state index contributed by atoms with van der Waals surface area (Å²) in [5.41, 5.74) is 13.0. The van der Waals surface area contributed by atoms with E-state index in [9.17, 15) is 0 Å². The minimum absolute atomic E-state index is 0.156. The monoisotopic (exact) mass is 351 g/mol. The van der Waals surface area contributed by atoms with Crippen LogP contribution in [0, 0.1) is 5.92 Å². The molecule has 9 nitrogen and oxygen atoms in total. The average molecular weight is 352 g/mol. The smallest absolute Gasteiger partial charge is 0.199 e. The maximum atomic E-state index is 6.21. The molecule has 0 unspecified atom stereocenters. The Balaban J connectivity index is 2.16. The van der Waals surface area contributed by atoms with E-state index in [-0.39, 0.29) is 16.9 Å². The Hall–Kier alpha value is -2.39. The highest BCUT2D eigenvalue weighted by Crippen LogP contribution is 2.34. The number of nitrogens with zero attached hydrogens (tertiary/aromatic N) is 5. The highest BCUT2D eigenvalue weighted by molar-refractivity contribution is 6.34. The van der Waals surface area contributed by atoms with Crippen molar-refractivity contribution in [3.05, 3.63) is 11.3 Å². The standard InChI is InChI=1S/C14H18ClN7O2/c1-3-22-11-8(23-6-7(2)4-16)5-18-12(15)9(11)19-14(22)10-13(17)21-24-20-10/h5,7H,3-4,6,16H2,1-2H3,(H2,17,21)/t7-/m0/s1. The summed E-state index contributed by atoms with van der Waals surface area (Å²) in [6.45, 7) is 5.57. The number of nitrogen functional groups attached to an aromatic ring is 1. The number of hydrogen-bond donors (Lipinski definition) is 2. The Labute approximate surface area is 142 Å². The molecule has 3 aromatic heterocycles. The maximum absolute atomic E-state index is 6.21. The molecule has 24 heavy (non-hydrogen) atoms. The van der Waals surface area contributed by atoms with Crippen LogP contribution in [-0.4, -0.2) is 38.0 Å². The summed E-state index contributed by atoms with van der Waals surface area (Å²) in [6.07, 6.45) is 1.58. The minimum Gasteiger partial charge on any atom is -0.489 e. The molecule has 0 radical (unpaired) electrons. The molecule has 128 valence electrons. The number of anilines is 1. The van der Waals surface area contributed by atoms with Crippen molar-refractivity contribution in [2.24, 2.45) is 11.7 Å². The summed E-state index contributed by atoms with van der Waals surface area (Å²) in [4.78, 5) is 8.66. The van der Waals surface area contributed by atoms with Crippen molar-refractivity contribution >= 4 is 28.5 Å². The molecule has 0 saturated carbocycles. The van der Waals surface area contributed by atoms with Crippen LogP contribution in [0.1, 0.15) is 13.8 Å². The zero-order valence-corrected chi connectivity index (χ0v) is 14.1. The van der Waals surface area contributed by atoms with Gasteiger partial charge in [0.2, 0.25) is 0 Å². The zero-order chi connectivity index (χ0) is 17.3. The molecular weight excluding hydrogens is 334 g/mol. The van der Waals surface area contributed by atoms with Gasteiger partial charge in [0.25, 0.3) is 0 Å². The van der Waals surface area contributed by atoms with Crippen LogP contribution in [0.4, 0.5) is 5.82 Å². The first-order valence-electron chi connectivity index (χ1n) is 7.52. The number of aromatic nitrogens is 5. The minimum atomic E-state index is 0.156. The summed E-state index contributed by atoms with van der Waals surface area (Å²) in [5, 5.41) is 7.69. The normalized spacial score (nSPS) is 12.7. The molecule has 0 aliphatic carbocycles. The molecule has 0 aliphatic heterocycles. The molecule has 3 rings (SSSR count). The van der Waals surface area contributed by atoms with Crippen LogP contribution in [-0.2, 0) is 6.54 Å². The second-order valence-electron chi connectivity index (χ2n) is 5.44. The fraction of sp³-hybridized carbons (Fsp3) is 0.429. The van der Waals surface area contributed by atoms with E-state index in [2.05, 4.69) is 24.9 Å². The molecule has 1 atom stereocenters. The number of fused-ring (bicyclic) bond motifs is 1. The van der Waals surface area contributed by atoms with Gasteiger partial charge in [-0.3, -0.25) is 0 Å². The van der Waals surface area contributed by atoms with Crippen molar-refractivity contribution in [2.45, 2.75) is 20.4 Å². The summed E-state index contributed by atoms with van der Waals surface area (Å²) < 4.78 is 12.4. The van der Waals surface area contributed by atoms with E-state index >= 15 is 0 Å². The number of nitrogens with two attached hydrogens (primary N) is 2. The van der Waals surface area contributed by atoms with Crippen molar-refractivity contribution in [1.82, 2.24) is 24.8 Å². The Morgan fingerprint density at radius 2 is 2.21 bits per heavy atom. The van der Waals surface area contributed by atoms with Gasteiger partial charge in [0.05, 0.1) is 12.8 Å². The molecule has 4 N–H and O–H groups in total. The third-order valence-corrected chi connectivity index (χ3v) is 3.94. The van der Waals surface area contributed by atoms with Gasteiger partial charge in [-0.25, -0.2) is 14.6 Å². The zero-order valence-electron chi connectivity index (χ0n) is 13.4. The van der Waals surface area contributed by atoms with Gasteiger partial charge < -0.3 is 20.8 Å². The number of halogens is 1. The third kappa shape index (κ3) is 2.76. The summed E-state index contributed by atoms with van der Waals surface area (Å²) in [5.74, 6) is 1.44. The van der Waals surface area contributed by atoms with Crippen molar-refractivity contribution in [3.8, 4) is 17.3 Å². The molecule has 0 bridgehead atoms. The fourth-order valence-corrected chi connectivity index (χ4v) is 2.51. The molecule has 0 aliphatic rings. The predicted molar refractivity (Wildman–Crippen MR) is 89.6 cm³/mol. The van der Waals surface area contributed by atoms with Gasteiger partial charge in [0, 0.05) is 12.5 Å². The quantitative estimate of drug-likeness (QED) is 0.641. The Morgan fingerprint density at radius 3 is 2.83 bits per heavy atom. The lowest BCUT2D eigenvalue weighted by molar-refractivity contribution is 0.265. The number of rotatable bonds is 6. The SMILES string of the molecule is CCn1c(-c2nonc2N)nc2c(Cl)ncc(OC[C@@H](C)CN)c21. The predicted octanol–water partition coefficient (Wildman–Crippen LogP) is 1.71. The first kappa shape index (κ1) is 16.5. The van der Waals surface area contributed by atoms with E-state index in [1.807, 2.05) is 18.4 Å². The van der Waals surface area contributed by atoms with Gasteiger partial charge in [0.1, 0.15) is 11.0 Å². The van der Waals surface area contributed by atoms with Crippen molar-refractivity contribution in [3.63, 3.8) is 0 Å². The van der Waals surface area contributed by atoms with Crippen molar-refractivity contribution in [2.75, 3.05) is 18.9 Å². The molecule has 3 aromatic rings. The van der Waals surface area contributed by atoms with Crippen LogP contribution in [0.2, 0.25) is 5.15 Å². The van der Waals surface area contributed by atoms with E-state index in [1.54, 1.807) is 6.20 Å². The van der Waals surface area contributed by atoms with E-state index in [4.69, 9.17) is 27.8 Å². The van der Waals surface area contributed by atoms with E-state index in [0.717, 1.165) is 5.52 Å². The molecule has 0 saturated heterocycles. The summed E-state index contributed by atoms with van der Waals surface area (Å²) in [6, 6.07) is 0. The van der Waals surface area contributed by atoms with E-state index in [0.29, 0.717) is 42.5 Å². The van der Waals surface area contributed by atoms with Gasteiger partial charge in [-0.1, -0.05) is 18.5 Å². The number of hydrogen-bond acceptors (Lipinski definition) is 8. The lowest BCUT2D eigenvalue weighted by atomic mass is 10.2. The Kier molecular flexibility index (Phi) is 4.54. The molecular formula is C14H18ClN7O2. The van der Waals surface area contributed by atoms with Gasteiger partial charge >= 0.3 is 0 Å². The number of imidazole rings is 1. The van der Waals surface area contributed by atoms with Crippen LogP contribution >= 0.6 is 11.6 Å². The third-order valence-electron chi connectivity index (χ3n) is 3.66. The largest absolute Gasteiger partial charge is 0.489 e. The van der Waals surface area contributed by atoms with Crippen LogP contribution < -0.4 is 16.2 Å². The highest BCUT2D eigenvalue weighted by atomic mass is 35.5. The van der Waals surface area contributed by atoms with Gasteiger partial charge in [-0.2, -0.15) is 0 Å². The molecule has 0 amide bonds. The average Bonchev–Trinajstić information content (AvgIpc) is 3.17. The molecule has 0 fully saturated rings. The van der Waals surface area contributed by atoms with Crippen LogP contribution in [0.15, 0.2) is 10.8 Å². The molecule has 10 heteroatoms. The van der Waals surface area contributed by atoms with Gasteiger partial charge in [-0.05, 0) is 23.8 Å². The van der Waals surface area contributed by atoms with E-state index in [1.165, 1.54) is 0 Å². The van der Waals surface area contributed by atoms with Gasteiger partial charge in [0.15, 0.2) is 28.2 Å². The van der Waals surface area contributed by atoms with Gasteiger partial charge in [-0.15, -0.1) is 0 Å². The van der Waals surface area contributed by atoms with Crippen LogP contribution in [0.3, 0.4) is 0 Å². The highest BCUT2D eigenvalue weighted by Gasteiger charge is 2.23. The Bertz CT molecular complexity index is 860. The van der Waals surface area contributed by atoms with Crippen LogP contribution in [0.25, 0.3) is 22.6 Å². The first-order chi connectivity index (χ1) is 11.6. The first-order valence-corrected chi connectivity index (χ1v) is 7.90. The van der Waals surface area contributed by atoms with E-state index < -0.39 is 0 Å². The summed E-state index contributed by atoms with van der Waals surface area (Å²) >= 11 is 6.21. The van der Waals surface area contributed by atoms with Crippen molar-refractivity contribution in [1.29, 1.82) is 0 Å². The lowest BCUT2D eigenvalue weighted by Crippen LogP contribution is -2.18. The fourth-order valence-electron chi connectivity index (χ4n) is 2.33. The second-order valence-corrected chi connectivity index (χ2v) is 5.80. The second kappa shape index (κ2) is 6.62. The topological polar surface area (TPSA) is 131 Å². The number of aryl methyl sites for hydroxylation is 1. The number of pyridine rings is 1. The molecule has 0 spiro atoms. The maximum Gasteiger partial charge on any atom is 0.199 e.